The molecular formula is C14H12ClNO4S2. The Kier molecular flexibility index (Phi) is 4.87. The zero-order valence-electron chi connectivity index (χ0n) is 11.4. The molecule has 0 fully saturated rings. The second-order valence-corrected chi connectivity index (χ2v) is 7.44. The number of hydrogen-bond acceptors (Lipinski definition) is 6. The van der Waals surface area contributed by atoms with E-state index in [0.29, 0.717) is 18.1 Å². The van der Waals surface area contributed by atoms with E-state index in [0.717, 1.165) is 21.2 Å². The van der Waals surface area contributed by atoms with Crippen LogP contribution in [0.1, 0.15) is 16.0 Å². The molecule has 0 unspecified atom stereocenters. The van der Waals surface area contributed by atoms with Crippen molar-refractivity contribution in [3.63, 3.8) is 0 Å². The van der Waals surface area contributed by atoms with Gasteiger partial charge in [-0.15, -0.1) is 11.3 Å². The molecule has 8 heteroatoms. The molecule has 5 nitrogen and oxygen atoms in total. The summed E-state index contributed by atoms with van der Waals surface area (Å²) in [5, 5.41) is 11.0. The summed E-state index contributed by atoms with van der Waals surface area (Å²) in [4.78, 5) is 11.8. The first-order valence-corrected chi connectivity index (χ1v) is 8.81. The molecule has 1 aromatic heterocycles. The molecule has 1 aliphatic heterocycles. The lowest BCUT2D eigenvalue weighted by molar-refractivity contribution is -0.385. The SMILES string of the molecule is O=[N+]([O-])c1cc2c(c(CSCc3ccc(Cl)s3)c1)OCOC2. The van der Waals surface area contributed by atoms with Crippen LogP contribution in [0.25, 0.3) is 0 Å². The molecule has 0 bridgehead atoms. The Balaban J connectivity index is 1.76. The van der Waals surface area contributed by atoms with Gasteiger partial charge in [-0.2, -0.15) is 11.8 Å². The Morgan fingerprint density at radius 2 is 2.23 bits per heavy atom. The van der Waals surface area contributed by atoms with Crippen LogP contribution in [-0.4, -0.2) is 11.7 Å². The molecule has 1 aliphatic rings. The number of thiophene rings is 1. The number of halogens is 1. The van der Waals surface area contributed by atoms with E-state index < -0.39 is 0 Å². The van der Waals surface area contributed by atoms with Crippen molar-refractivity contribution in [2.24, 2.45) is 0 Å². The van der Waals surface area contributed by atoms with Crippen molar-refractivity contribution in [1.29, 1.82) is 0 Å². The molecule has 3 rings (SSSR count). The van der Waals surface area contributed by atoms with Crippen LogP contribution in [-0.2, 0) is 22.8 Å². The summed E-state index contributed by atoms with van der Waals surface area (Å²) < 4.78 is 11.5. The van der Waals surface area contributed by atoms with Gasteiger partial charge in [-0.05, 0) is 12.1 Å². The van der Waals surface area contributed by atoms with Crippen LogP contribution >= 0.6 is 34.7 Å². The highest BCUT2D eigenvalue weighted by atomic mass is 35.5. The lowest BCUT2D eigenvalue weighted by Crippen LogP contribution is -2.13. The number of nitrogens with zero attached hydrogens (tertiary/aromatic N) is 1. The second kappa shape index (κ2) is 6.87. The molecule has 116 valence electrons. The molecular weight excluding hydrogens is 346 g/mol. The number of hydrogen-bond donors (Lipinski definition) is 0. The number of nitro benzene ring substituents is 1. The zero-order chi connectivity index (χ0) is 15.5. The Morgan fingerprint density at radius 1 is 1.36 bits per heavy atom. The lowest BCUT2D eigenvalue weighted by atomic mass is 10.1. The maximum absolute atomic E-state index is 11.0. The monoisotopic (exact) mass is 357 g/mol. The first kappa shape index (κ1) is 15.6. The molecule has 0 amide bonds. The number of rotatable bonds is 5. The van der Waals surface area contributed by atoms with Gasteiger partial charge in [0.2, 0.25) is 0 Å². The highest BCUT2D eigenvalue weighted by molar-refractivity contribution is 7.97. The van der Waals surface area contributed by atoms with Crippen molar-refractivity contribution in [3.05, 3.63) is 54.7 Å². The molecule has 22 heavy (non-hydrogen) atoms. The summed E-state index contributed by atoms with van der Waals surface area (Å²) in [6, 6.07) is 6.96. The normalized spacial score (nSPS) is 13.5. The Morgan fingerprint density at radius 3 is 2.95 bits per heavy atom. The predicted molar refractivity (Wildman–Crippen MR) is 87.7 cm³/mol. The fraction of sp³-hybridized carbons (Fsp3) is 0.286. The van der Waals surface area contributed by atoms with Crippen molar-refractivity contribution < 1.29 is 14.4 Å². The van der Waals surface area contributed by atoms with Gasteiger partial charge in [0.05, 0.1) is 15.9 Å². The van der Waals surface area contributed by atoms with Gasteiger partial charge in [0, 0.05) is 39.6 Å². The van der Waals surface area contributed by atoms with E-state index in [2.05, 4.69) is 0 Å². The average molecular weight is 358 g/mol. The summed E-state index contributed by atoms with van der Waals surface area (Å²) in [5.41, 5.74) is 1.64. The standard InChI is InChI=1S/C14H12ClNO4S2/c15-13-2-1-12(22-13)7-21-6-10-4-11(16(17)18)3-9-5-19-8-20-14(9)10/h1-4H,5-8H2. The summed E-state index contributed by atoms with van der Waals surface area (Å²) in [6.07, 6.45) is 0. The van der Waals surface area contributed by atoms with Crippen molar-refractivity contribution in [2.45, 2.75) is 18.1 Å². The van der Waals surface area contributed by atoms with E-state index in [-0.39, 0.29) is 17.4 Å². The number of benzene rings is 1. The largest absolute Gasteiger partial charge is 0.467 e. The van der Waals surface area contributed by atoms with Gasteiger partial charge in [-0.25, -0.2) is 0 Å². The van der Waals surface area contributed by atoms with Crippen LogP contribution in [0.3, 0.4) is 0 Å². The van der Waals surface area contributed by atoms with E-state index in [1.165, 1.54) is 10.9 Å². The van der Waals surface area contributed by atoms with Gasteiger partial charge in [-0.3, -0.25) is 10.1 Å². The molecule has 2 aromatic rings. The first-order valence-electron chi connectivity index (χ1n) is 6.46. The molecule has 0 aliphatic carbocycles. The van der Waals surface area contributed by atoms with Gasteiger partial charge in [0.25, 0.3) is 5.69 Å². The number of thioether (sulfide) groups is 1. The summed E-state index contributed by atoms with van der Waals surface area (Å²) in [7, 11) is 0. The second-order valence-electron chi connectivity index (χ2n) is 4.66. The predicted octanol–water partition coefficient (Wildman–Crippen LogP) is 4.61. The van der Waals surface area contributed by atoms with E-state index in [4.69, 9.17) is 21.1 Å². The van der Waals surface area contributed by atoms with E-state index >= 15 is 0 Å². The van der Waals surface area contributed by atoms with Crippen molar-refractivity contribution >= 4 is 40.4 Å². The van der Waals surface area contributed by atoms with Gasteiger partial charge in [0.15, 0.2) is 6.79 Å². The third-order valence-corrected chi connectivity index (χ3v) is 5.56. The van der Waals surface area contributed by atoms with Crippen LogP contribution in [0.15, 0.2) is 24.3 Å². The maximum atomic E-state index is 11.0. The fourth-order valence-electron chi connectivity index (χ4n) is 2.18. The highest BCUT2D eigenvalue weighted by Crippen LogP contribution is 2.36. The van der Waals surface area contributed by atoms with Crippen LogP contribution in [0.5, 0.6) is 5.75 Å². The fourth-order valence-corrected chi connectivity index (χ4v) is 4.39. The van der Waals surface area contributed by atoms with E-state index in [9.17, 15) is 10.1 Å². The zero-order valence-corrected chi connectivity index (χ0v) is 13.8. The molecule has 2 heterocycles. The van der Waals surface area contributed by atoms with Crippen molar-refractivity contribution in [1.82, 2.24) is 0 Å². The van der Waals surface area contributed by atoms with Gasteiger partial charge in [-0.1, -0.05) is 11.6 Å². The molecule has 0 saturated heterocycles. The minimum atomic E-state index is -0.387. The van der Waals surface area contributed by atoms with Crippen molar-refractivity contribution in [2.75, 3.05) is 6.79 Å². The van der Waals surface area contributed by atoms with Crippen LogP contribution in [0, 0.1) is 10.1 Å². The Hall–Kier alpha value is -1.28. The van der Waals surface area contributed by atoms with Gasteiger partial charge in [0.1, 0.15) is 5.75 Å². The van der Waals surface area contributed by atoms with E-state index in [1.807, 2.05) is 12.1 Å². The average Bonchev–Trinajstić information content (AvgIpc) is 2.92. The maximum Gasteiger partial charge on any atom is 0.270 e. The van der Waals surface area contributed by atoms with Gasteiger partial charge >= 0.3 is 0 Å². The molecule has 0 N–H and O–H groups in total. The smallest absolute Gasteiger partial charge is 0.270 e. The first-order chi connectivity index (χ1) is 10.6. The Labute approximate surface area is 140 Å². The molecule has 1 aromatic carbocycles. The minimum absolute atomic E-state index is 0.0719. The highest BCUT2D eigenvalue weighted by Gasteiger charge is 2.20. The lowest BCUT2D eigenvalue weighted by Gasteiger charge is -2.20. The topological polar surface area (TPSA) is 61.6 Å². The summed E-state index contributed by atoms with van der Waals surface area (Å²) in [6.45, 7) is 0.526. The van der Waals surface area contributed by atoms with Gasteiger partial charge < -0.3 is 9.47 Å². The van der Waals surface area contributed by atoms with E-state index in [1.54, 1.807) is 29.2 Å². The minimum Gasteiger partial charge on any atom is -0.467 e. The number of nitro groups is 1. The van der Waals surface area contributed by atoms with Crippen LogP contribution in [0.4, 0.5) is 5.69 Å². The van der Waals surface area contributed by atoms with Crippen LogP contribution < -0.4 is 4.74 Å². The number of non-ortho nitro benzene ring substituents is 1. The van der Waals surface area contributed by atoms with Crippen LogP contribution in [0.2, 0.25) is 4.34 Å². The quantitative estimate of drug-likeness (QED) is 0.577. The van der Waals surface area contributed by atoms with Crippen molar-refractivity contribution in [3.8, 4) is 5.75 Å². The molecule has 0 saturated carbocycles. The molecule has 0 radical (unpaired) electrons. The summed E-state index contributed by atoms with van der Waals surface area (Å²) in [5.74, 6) is 2.17. The number of fused-ring (bicyclic) bond motifs is 1. The molecule has 0 atom stereocenters. The Bertz CT molecular complexity index is 704. The number of ether oxygens (including phenoxy) is 2. The molecule has 0 spiro atoms. The third-order valence-electron chi connectivity index (χ3n) is 3.11. The summed E-state index contributed by atoms with van der Waals surface area (Å²) >= 11 is 9.13. The third kappa shape index (κ3) is 3.55.